The number of nitrogens with one attached hydrogen (secondary N) is 2. The number of carbonyl (C=O) groups excluding carboxylic acids is 1. The van der Waals surface area contributed by atoms with Gasteiger partial charge in [-0.2, -0.15) is 0 Å². The topological polar surface area (TPSA) is 105 Å². The number of carboxylic acids is 1. The SMILES string of the molecule is COC(CNC(=O)NC(C)Cn1ccnc1)CC(=O)O. The third-order valence-electron chi connectivity index (χ3n) is 2.65. The zero-order chi connectivity index (χ0) is 15.0. The second kappa shape index (κ2) is 8.16. The second-order valence-electron chi connectivity index (χ2n) is 4.47. The third-order valence-corrected chi connectivity index (χ3v) is 2.65. The highest BCUT2D eigenvalue weighted by molar-refractivity contribution is 5.74. The lowest BCUT2D eigenvalue weighted by Crippen LogP contribution is -2.45. The van der Waals surface area contributed by atoms with E-state index in [-0.39, 0.29) is 25.0 Å². The number of amides is 2. The van der Waals surface area contributed by atoms with E-state index in [2.05, 4.69) is 15.6 Å². The van der Waals surface area contributed by atoms with Gasteiger partial charge in [0.25, 0.3) is 0 Å². The van der Waals surface area contributed by atoms with E-state index < -0.39 is 12.1 Å². The smallest absolute Gasteiger partial charge is 0.315 e. The van der Waals surface area contributed by atoms with Crippen molar-refractivity contribution >= 4 is 12.0 Å². The van der Waals surface area contributed by atoms with Gasteiger partial charge in [-0.3, -0.25) is 4.79 Å². The Labute approximate surface area is 117 Å². The molecule has 2 unspecified atom stereocenters. The minimum absolute atomic E-state index is 0.0790. The van der Waals surface area contributed by atoms with Crippen LogP contribution in [-0.2, 0) is 16.1 Å². The Morgan fingerprint density at radius 3 is 2.80 bits per heavy atom. The van der Waals surface area contributed by atoms with E-state index >= 15 is 0 Å². The Kier molecular flexibility index (Phi) is 6.51. The van der Waals surface area contributed by atoms with Crippen LogP contribution in [0.3, 0.4) is 0 Å². The molecule has 0 aliphatic carbocycles. The summed E-state index contributed by atoms with van der Waals surface area (Å²) in [6.45, 7) is 2.62. The normalized spacial score (nSPS) is 13.5. The number of hydrogen-bond acceptors (Lipinski definition) is 4. The maximum atomic E-state index is 11.6. The van der Waals surface area contributed by atoms with Crippen molar-refractivity contribution in [3.05, 3.63) is 18.7 Å². The van der Waals surface area contributed by atoms with Gasteiger partial charge in [0.1, 0.15) is 0 Å². The summed E-state index contributed by atoms with van der Waals surface area (Å²) in [6.07, 6.45) is 4.46. The van der Waals surface area contributed by atoms with Crippen LogP contribution in [0.4, 0.5) is 4.79 Å². The first-order chi connectivity index (χ1) is 9.51. The number of hydrogen-bond donors (Lipinski definition) is 3. The molecule has 0 saturated carbocycles. The summed E-state index contributed by atoms with van der Waals surface area (Å²) in [5, 5.41) is 14.0. The second-order valence-corrected chi connectivity index (χ2v) is 4.47. The number of nitrogens with zero attached hydrogens (tertiary/aromatic N) is 2. The van der Waals surface area contributed by atoms with Crippen molar-refractivity contribution in [2.75, 3.05) is 13.7 Å². The van der Waals surface area contributed by atoms with Gasteiger partial charge in [-0.05, 0) is 6.92 Å². The molecule has 1 aromatic heterocycles. The van der Waals surface area contributed by atoms with Crippen LogP contribution in [0.2, 0.25) is 0 Å². The van der Waals surface area contributed by atoms with Crippen LogP contribution in [0.15, 0.2) is 18.7 Å². The molecule has 1 aromatic rings. The van der Waals surface area contributed by atoms with Gasteiger partial charge in [0.15, 0.2) is 0 Å². The lowest BCUT2D eigenvalue weighted by molar-refractivity contribution is -0.139. The molecule has 3 N–H and O–H groups in total. The van der Waals surface area contributed by atoms with Crippen molar-refractivity contribution in [3.8, 4) is 0 Å². The number of aliphatic carboxylic acids is 1. The molecule has 8 nitrogen and oxygen atoms in total. The fourth-order valence-corrected chi connectivity index (χ4v) is 1.67. The predicted octanol–water partition coefficient (Wildman–Crippen LogP) is 0.0605. The molecule has 0 saturated heterocycles. The highest BCUT2D eigenvalue weighted by atomic mass is 16.5. The number of carboxylic acid groups (broad SMARTS) is 1. The Morgan fingerprint density at radius 1 is 1.50 bits per heavy atom. The number of ether oxygens (including phenoxy) is 1. The lowest BCUT2D eigenvalue weighted by Gasteiger charge is -2.17. The van der Waals surface area contributed by atoms with E-state index in [4.69, 9.17) is 9.84 Å². The first-order valence-electron chi connectivity index (χ1n) is 6.26. The lowest BCUT2D eigenvalue weighted by atomic mass is 10.2. The first kappa shape index (κ1) is 16.0. The Hall–Kier alpha value is -2.09. The monoisotopic (exact) mass is 284 g/mol. The molecule has 112 valence electrons. The maximum absolute atomic E-state index is 11.6. The summed E-state index contributed by atoms with van der Waals surface area (Å²) in [5.74, 6) is -0.965. The zero-order valence-corrected chi connectivity index (χ0v) is 11.6. The van der Waals surface area contributed by atoms with Crippen molar-refractivity contribution in [1.29, 1.82) is 0 Å². The minimum Gasteiger partial charge on any atom is -0.481 e. The summed E-state index contributed by atoms with van der Waals surface area (Å²) in [6, 6.07) is -0.435. The minimum atomic E-state index is -0.965. The molecule has 0 radical (unpaired) electrons. The molecule has 0 aliphatic rings. The molecule has 2 amide bonds. The summed E-state index contributed by atoms with van der Waals surface area (Å²) in [5.41, 5.74) is 0. The van der Waals surface area contributed by atoms with Crippen LogP contribution in [0.25, 0.3) is 0 Å². The van der Waals surface area contributed by atoms with Gasteiger partial charge in [0.05, 0.1) is 18.9 Å². The molecule has 2 atom stereocenters. The molecule has 8 heteroatoms. The van der Waals surface area contributed by atoms with Crippen molar-refractivity contribution in [1.82, 2.24) is 20.2 Å². The van der Waals surface area contributed by atoms with Crippen molar-refractivity contribution in [2.24, 2.45) is 0 Å². The molecule has 0 spiro atoms. The molecule has 1 rings (SSSR count). The standard InChI is InChI=1S/C12H20N4O4/c1-9(7-16-4-3-13-8-16)15-12(19)14-6-10(20-2)5-11(17)18/h3-4,8-10H,5-7H2,1-2H3,(H,17,18)(H2,14,15,19). The van der Waals surface area contributed by atoms with Crippen molar-refractivity contribution < 1.29 is 19.4 Å². The van der Waals surface area contributed by atoms with E-state index in [0.717, 1.165) is 0 Å². The fourth-order valence-electron chi connectivity index (χ4n) is 1.67. The number of imidazole rings is 1. The van der Waals surface area contributed by atoms with Crippen molar-refractivity contribution in [2.45, 2.75) is 32.0 Å². The average molecular weight is 284 g/mol. The Morgan fingerprint density at radius 2 is 2.25 bits per heavy atom. The quantitative estimate of drug-likeness (QED) is 0.626. The molecule has 20 heavy (non-hydrogen) atoms. The van der Waals surface area contributed by atoms with Gasteiger partial charge >= 0.3 is 12.0 Å². The summed E-state index contributed by atoms with van der Waals surface area (Å²) in [4.78, 5) is 26.1. The van der Waals surface area contributed by atoms with Crippen LogP contribution in [-0.4, -0.2) is 52.5 Å². The van der Waals surface area contributed by atoms with Gasteiger partial charge in [-0.1, -0.05) is 0 Å². The van der Waals surface area contributed by atoms with E-state index in [1.807, 2.05) is 17.7 Å². The summed E-state index contributed by atoms with van der Waals surface area (Å²) < 4.78 is 6.82. The molecular formula is C12H20N4O4. The van der Waals surface area contributed by atoms with E-state index in [0.29, 0.717) is 6.54 Å². The fraction of sp³-hybridized carbons (Fsp3) is 0.583. The molecule has 0 fully saturated rings. The van der Waals surface area contributed by atoms with E-state index in [1.54, 1.807) is 12.5 Å². The number of rotatable bonds is 8. The van der Waals surface area contributed by atoms with Gasteiger partial charge in [0.2, 0.25) is 0 Å². The molecule has 0 aliphatic heterocycles. The van der Waals surface area contributed by atoms with Crippen LogP contribution in [0.1, 0.15) is 13.3 Å². The highest BCUT2D eigenvalue weighted by Gasteiger charge is 2.14. The van der Waals surface area contributed by atoms with Gasteiger partial charge < -0.3 is 25.0 Å². The number of methoxy groups -OCH3 is 1. The molecular weight excluding hydrogens is 264 g/mol. The predicted molar refractivity (Wildman–Crippen MR) is 71.3 cm³/mol. The van der Waals surface area contributed by atoms with Gasteiger partial charge in [0, 0.05) is 38.6 Å². The largest absolute Gasteiger partial charge is 0.481 e. The Bertz CT molecular complexity index is 421. The van der Waals surface area contributed by atoms with Crippen LogP contribution in [0, 0.1) is 0 Å². The maximum Gasteiger partial charge on any atom is 0.315 e. The Balaban J connectivity index is 2.26. The van der Waals surface area contributed by atoms with Crippen LogP contribution in [0.5, 0.6) is 0 Å². The van der Waals surface area contributed by atoms with E-state index in [9.17, 15) is 9.59 Å². The van der Waals surface area contributed by atoms with E-state index in [1.165, 1.54) is 7.11 Å². The third kappa shape index (κ3) is 6.19. The van der Waals surface area contributed by atoms with Crippen molar-refractivity contribution in [3.63, 3.8) is 0 Å². The number of carbonyl (C=O) groups is 2. The van der Waals surface area contributed by atoms with Crippen LogP contribution >= 0.6 is 0 Å². The number of urea groups is 1. The number of aromatic nitrogens is 2. The molecule has 0 bridgehead atoms. The zero-order valence-electron chi connectivity index (χ0n) is 11.6. The summed E-state index contributed by atoms with van der Waals surface area (Å²) >= 11 is 0. The molecule has 0 aromatic carbocycles. The van der Waals surface area contributed by atoms with Crippen LogP contribution < -0.4 is 10.6 Å². The van der Waals surface area contributed by atoms with Gasteiger partial charge in [-0.15, -0.1) is 0 Å². The average Bonchev–Trinajstić information content (AvgIpc) is 2.86. The first-order valence-corrected chi connectivity index (χ1v) is 6.26. The molecule has 1 heterocycles. The highest BCUT2D eigenvalue weighted by Crippen LogP contribution is 1.96. The summed E-state index contributed by atoms with van der Waals surface area (Å²) in [7, 11) is 1.41. The van der Waals surface area contributed by atoms with Gasteiger partial charge in [-0.25, -0.2) is 9.78 Å².